The van der Waals surface area contributed by atoms with Crippen LogP contribution in [0.1, 0.15) is 0 Å². The highest BCUT2D eigenvalue weighted by atomic mass is 16.5. The Bertz CT molecular complexity index is 3210. The van der Waals surface area contributed by atoms with Gasteiger partial charge in [0.2, 0.25) is 0 Å². The number of nitrogens with zero attached hydrogens (tertiary/aromatic N) is 6. The Morgan fingerprint density at radius 3 is 1.11 bits per heavy atom. The first-order chi connectivity index (χ1) is 30.6. The van der Waals surface area contributed by atoms with Crippen LogP contribution in [0.4, 0.5) is 0 Å². The van der Waals surface area contributed by atoms with E-state index in [2.05, 4.69) is 43.4 Å². The Labute approximate surface area is 355 Å². The number of hydrogen-bond donors (Lipinski definition) is 0. The molecule has 11 rings (SSSR count). The van der Waals surface area contributed by atoms with Crippen LogP contribution in [0.25, 0.3) is 77.8 Å². The zero-order valence-corrected chi connectivity index (χ0v) is 33.6. The number of benzene rings is 6. The topological polar surface area (TPSA) is 98.3 Å². The van der Waals surface area contributed by atoms with E-state index in [0.717, 1.165) is 89.3 Å². The number of hydrogen-bond acceptors (Lipinski definition) is 8. The molecular weight excluding hydrogens is 773 g/mol. The lowest BCUT2D eigenvalue weighted by molar-refractivity contribution is 0.415. The van der Waals surface area contributed by atoms with Crippen molar-refractivity contribution in [1.82, 2.24) is 29.1 Å². The van der Waals surface area contributed by atoms with Gasteiger partial charge in [0.15, 0.2) is 0 Å². The summed E-state index contributed by atoms with van der Waals surface area (Å²) in [5, 5.41) is 4.38. The second-order valence-electron chi connectivity index (χ2n) is 14.7. The minimum absolute atomic E-state index is 0.679. The summed E-state index contributed by atoms with van der Waals surface area (Å²) < 4.78 is 28.4. The molecule has 0 atom stereocenters. The summed E-state index contributed by atoms with van der Waals surface area (Å²) in [5.41, 5.74) is 7.16. The van der Waals surface area contributed by atoms with Gasteiger partial charge in [-0.15, -0.1) is 0 Å². The normalized spacial score (nSPS) is 11.4. The zero-order valence-electron chi connectivity index (χ0n) is 33.6. The van der Waals surface area contributed by atoms with Crippen LogP contribution in [0.2, 0.25) is 0 Å². The monoisotopic (exact) mass is 808 g/mol. The van der Waals surface area contributed by atoms with E-state index in [9.17, 15) is 0 Å². The van der Waals surface area contributed by atoms with Gasteiger partial charge in [-0.25, -0.2) is 9.97 Å². The van der Waals surface area contributed by atoms with Gasteiger partial charge in [0.05, 0.1) is 60.1 Å². The van der Waals surface area contributed by atoms with Crippen molar-refractivity contribution in [2.24, 2.45) is 0 Å². The molecule has 10 nitrogen and oxygen atoms in total. The van der Waals surface area contributed by atoms with Gasteiger partial charge in [-0.2, -0.15) is 0 Å². The van der Waals surface area contributed by atoms with Gasteiger partial charge < -0.3 is 18.9 Å². The first-order valence-corrected chi connectivity index (χ1v) is 20.1. The molecule has 11 aromatic rings. The van der Waals surface area contributed by atoms with Gasteiger partial charge in [-0.3, -0.25) is 19.1 Å². The van der Waals surface area contributed by atoms with Gasteiger partial charge in [0.25, 0.3) is 0 Å². The summed E-state index contributed by atoms with van der Waals surface area (Å²) in [7, 11) is 3.35. The van der Waals surface area contributed by atoms with Crippen LogP contribution < -0.4 is 18.9 Å². The van der Waals surface area contributed by atoms with E-state index in [-0.39, 0.29) is 0 Å². The smallest absolute Gasteiger partial charge is 0.137 e. The van der Waals surface area contributed by atoms with Crippen LogP contribution in [-0.4, -0.2) is 43.3 Å². The molecule has 0 fully saturated rings. The predicted octanol–water partition coefficient (Wildman–Crippen LogP) is 12.4. The molecule has 298 valence electrons. The largest absolute Gasteiger partial charge is 0.497 e. The molecule has 0 spiro atoms. The highest BCUT2D eigenvalue weighted by Gasteiger charge is 2.17. The van der Waals surface area contributed by atoms with E-state index >= 15 is 0 Å². The molecule has 0 aliphatic heterocycles. The second kappa shape index (κ2) is 15.3. The lowest BCUT2D eigenvalue weighted by Crippen LogP contribution is -1.97. The lowest BCUT2D eigenvalue weighted by atomic mass is 10.1. The third-order valence-corrected chi connectivity index (χ3v) is 11.0. The summed E-state index contributed by atoms with van der Waals surface area (Å²) in [6, 6.07) is 52.0. The zero-order chi connectivity index (χ0) is 41.6. The first kappa shape index (κ1) is 36.6. The van der Waals surface area contributed by atoms with Gasteiger partial charge in [0, 0.05) is 69.3 Å². The van der Waals surface area contributed by atoms with Crippen LogP contribution in [0.3, 0.4) is 0 Å². The average Bonchev–Trinajstić information content (AvgIpc) is 3.83. The maximum atomic E-state index is 6.48. The van der Waals surface area contributed by atoms with E-state index in [1.165, 1.54) is 0 Å². The highest BCUT2D eigenvalue weighted by Crippen LogP contribution is 2.39. The van der Waals surface area contributed by atoms with Crippen molar-refractivity contribution in [3.63, 3.8) is 0 Å². The maximum Gasteiger partial charge on any atom is 0.137 e. The molecule has 10 heteroatoms. The third kappa shape index (κ3) is 6.56. The Morgan fingerprint density at radius 2 is 0.742 bits per heavy atom. The molecular formula is C52H36N6O4. The van der Waals surface area contributed by atoms with Crippen LogP contribution in [0.5, 0.6) is 34.5 Å². The molecule has 0 amide bonds. The number of fused-ring (bicyclic) bond motifs is 6. The number of aromatic nitrogens is 6. The summed E-state index contributed by atoms with van der Waals surface area (Å²) in [5.74, 6) is 5.92. The molecule has 5 heterocycles. The Morgan fingerprint density at radius 1 is 0.355 bits per heavy atom. The van der Waals surface area contributed by atoms with Crippen molar-refractivity contribution in [3.8, 4) is 68.6 Å². The minimum atomic E-state index is 0.679. The Hall–Kier alpha value is -8.50. The van der Waals surface area contributed by atoms with E-state index in [4.69, 9.17) is 28.9 Å². The molecule has 0 bridgehead atoms. The summed E-state index contributed by atoms with van der Waals surface area (Å²) in [4.78, 5) is 19.0. The number of ether oxygens (including phenoxy) is 4. The molecule has 5 aromatic heterocycles. The summed E-state index contributed by atoms with van der Waals surface area (Å²) >= 11 is 0. The van der Waals surface area contributed by atoms with Gasteiger partial charge in [-0.05, 0) is 97.1 Å². The van der Waals surface area contributed by atoms with Crippen LogP contribution in [-0.2, 0) is 0 Å². The van der Waals surface area contributed by atoms with Crippen molar-refractivity contribution in [2.75, 3.05) is 14.2 Å². The number of methoxy groups -OCH3 is 2. The van der Waals surface area contributed by atoms with Gasteiger partial charge in [0.1, 0.15) is 46.1 Å². The average molecular weight is 809 g/mol. The molecule has 6 aromatic carbocycles. The van der Waals surface area contributed by atoms with Crippen molar-refractivity contribution < 1.29 is 18.9 Å². The van der Waals surface area contributed by atoms with Crippen molar-refractivity contribution in [2.45, 2.75) is 0 Å². The summed E-state index contributed by atoms with van der Waals surface area (Å²) in [6.07, 6.45) is 7.16. The fourth-order valence-corrected chi connectivity index (χ4v) is 8.14. The van der Waals surface area contributed by atoms with E-state index in [0.29, 0.717) is 23.0 Å². The van der Waals surface area contributed by atoms with Crippen molar-refractivity contribution in [3.05, 3.63) is 183 Å². The van der Waals surface area contributed by atoms with Crippen LogP contribution in [0, 0.1) is 0 Å². The van der Waals surface area contributed by atoms with Crippen LogP contribution >= 0.6 is 0 Å². The standard InChI is InChI=1S/C52H36N6O4/c1-59-35-15-19-41-43-21-17-39(29-49(43)57(47(41)27-35)51-13-3-5-23-53-51)61-37-11-7-9-33(25-37)45-31-56-46(32-55-45)34-10-8-12-38(26-34)62-40-18-22-44-42-20-16-36(60-2)28-48(42)58(50(44)30-40)52-14-4-6-24-54-52/h3-32H,1-2H3. The molecule has 0 unspecified atom stereocenters. The number of pyridine rings is 2. The second-order valence-corrected chi connectivity index (χ2v) is 14.7. The molecule has 0 saturated carbocycles. The van der Waals surface area contributed by atoms with Crippen molar-refractivity contribution >= 4 is 43.6 Å². The fraction of sp³-hybridized carbons (Fsp3) is 0.0385. The molecule has 0 aliphatic rings. The molecule has 0 aliphatic carbocycles. The van der Waals surface area contributed by atoms with Crippen molar-refractivity contribution in [1.29, 1.82) is 0 Å². The SMILES string of the molecule is COc1ccc2c3ccc(Oc4cccc(-c5cnc(-c6cccc(Oc7ccc8c9ccc(OC)cc9n(-c9ccccn9)c8c7)c6)cn5)c4)cc3n(-c3ccccn3)c2c1. The first-order valence-electron chi connectivity index (χ1n) is 20.1. The number of rotatable bonds is 10. The highest BCUT2D eigenvalue weighted by molar-refractivity contribution is 6.11. The lowest BCUT2D eigenvalue weighted by Gasteiger charge is -2.11. The molecule has 0 N–H and O–H groups in total. The minimum Gasteiger partial charge on any atom is -0.497 e. The van der Waals surface area contributed by atoms with Gasteiger partial charge >= 0.3 is 0 Å². The van der Waals surface area contributed by atoms with Gasteiger partial charge in [-0.1, -0.05) is 36.4 Å². The molecule has 0 saturated heterocycles. The molecule has 62 heavy (non-hydrogen) atoms. The van der Waals surface area contributed by atoms with E-state index < -0.39 is 0 Å². The predicted molar refractivity (Wildman–Crippen MR) is 243 cm³/mol. The Balaban J connectivity index is 0.852. The summed E-state index contributed by atoms with van der Waals surface area (Å²) in [6.45, 7) is 0. The maximum absolute atomic E-state index is 6.48. The van der Waals surface area contributed by atoms with E-state index in [1.807, 2.05) is 133 Å². The Kier molecular flexibility index (Phi) is 9.01. The third-order valence-electron chi connectivity index (χ3n) is 11.0. The van der Waals surface area contributed by atoms with E-state index in [1.54, 1.807) is 39.0 Å². The molecule has 0 radical (unpaired) electrons. The quantitative estimate of drug-likeness (QED) is 0.135. The van der Waals surface area contributed by atoms with Crippen LogP contribution in [0.15, 0.2) is 183 Å². The fourth-order valence-electron chi connectivity index (χ4n) is 8.14.